The van der Waals surface area contributed by atoms with E-state index in [9.17, 15) is 14.4 Å². The number of hydrogen-bond donors (Lipinski definition) is 1. The Labute approximate surface area is 118 Å². The fraction of sp³-hybridized carbons (Fsp3) is 0.400. The van der Waals surface area contributed by atoms with E-state index in [0.717, 1.165) is 21.6 Å². The van der Waals surface area contributed by atoms with E-state index in [0.29, 0.717) is 5.69 Å². The summed E-state index contributed by atoms with van der Waals surface area (Å²) < 4.78 is 0. The number of rotatable bonds is 1. The van der Waals surface area contributed by atoms with Crippen LogP contribution >= 0.6 is 0 Å². The van der Waals surface area contributed by atoms with Gasteiger partial charge in [0, 0.05) is 0 Å². The fourth-order valence-electron chi connectivity index (χ4n) is 2.51. The van der Waals surface area contributed by atoms with Gasteiger partial charge in [0.05, 0.1) is 5.69 Å². The molecule has 0 bridgehead atoms. The lowest BCUT2D eigenvalue weighted by Crippen LogP contribution is -2.62. The standard InChI is InChI=1S/C15H18N2O3/c1-8-6-9(2)11(10(3)7-8)17-13(19)15(4,5)12(18)16-14(17)20/h6-7H,1-5H3,(H,16,18,20). The van der Waals surface area contributed by atoms with E-state index in [-0.39, 0.29) is 0 Å². The molecule has 5 nitrogen and oxygen atoms in total. The topological polar surface area (TPSA) is 66.5 Å². The second kappa shape index (κ2) is 4.44. The van der Waals surface area contributed by atoms with Crippen molar-refractivity contribution in [1.82, 2.24) is 5.32 Å². The first kappa shape index (κ1) is 14.2. The summed E-state index contributed by atoms with van der Waals surface area (Å²) in [6.07, 6.45) is 0. The highest BCUT2D eigenvalue weighted by atomic mass is 16.2. The van der Waals surface area contributed by atoms with E-state index < -0.39 is 23.3 Å². The van der Waals surface area contributed by atoms with Gasteiger partial charge in [0.1, 0.15) is 5.41 Å². The molecule has 2 rings (SSSR count). The number of benzene rings is 1. The van der Waals surface area contributed by atoms with Crippen molar-refractivity contribution in [3.8, 4) is 0 Å². The van der Waals surface area contributed by atoms with E-state index in [1.807, 2.05) is 32.9 Å². The molecule has 1 saturated heterocycles. The Morgan fingerprint density at radius 1 is 1.00 bits per heavy atom. The number of nitrogens with zero attached hydrogens (tertiary/aromatic N) is 1. The van der Waals surface area contributed by atoms with E-state index >= 15 is 0 Å². The molecule has 0 atom stereocenters. The predicted molar refractivity (Wildman–Crippen MR) is 75.5 cm³/mol. The first-order chi connectivity index (χ1) is 9.16. The molecular formula is C15H18N2O3. The Kier molecular flexibility index (Phi) is 3.16. The van der Waals surface area contributed by atoms with Gasteiger partial charge in [-0.05, 0) is 45.7 Å². The van der Waals surface area contributed by atoms with Gasteiger partial charge in [-0.2, -0.15) is 0 Å². The van der Waals surface area contributed by atoms with E-state index in [2.05, 4.69) is 5.32 Å². The van der Waals surface area contributed by atoms with Gasteiger partial charge >= 0.3 is 6.03 Å². The fourth-order valence-corrected chi connectivity index (χ4v) is 2.51. The second-order valence-corrected chi connectivity index (χ2v) is 5.77. The summed E-state index contributed by atoms with van der Waals surface area (Å²) in [7, 11) is 0. The quantitative estimate of drug-likeness (QED) is 0.798. The number of amides is 4. The van der Waals surface area contributed by atoms with Crippen LogP contribution in [0.5, 0.6) is 0 Å². The largest absolute Gasteiger partial charge is 0.335 e. The van der Waals surface area contributed by atoms with Crippen LogP contribution in [-0.4, -0.2) is 17.8 Å². The molecule has 1 heterocycles. The minimum atomic E-state index is -1.25. The van der Waals surface area contributed by atoms with Gasteiger partial charge in [0.2, 0.25) is 11.8 Å². The Balaban J connectivity index is 2.60. The first-order valence-electron chi connectivity index (χ1n) is 6.44. The smallest absolute Gasteiger partial charge is 0.276 e. The van der Waals surface area contributed by atoms with Crippen molar-refractivity contribution in [2.45, 2.75) is 34.6 Å². The highest BCUT2D eigenvalue weighted by Crippen LogP contribution is 2.32. The molecule has 1 fully saturated rings. The molecule has 5 heteroatoms. The Bertz CT molecular complexity index is 609. The zero-order chi connectivity index (χ0) is 15.2. The van der Waals surface area contributed by atoms with Gasteiger partial charge in [-0.1, -0.05) is 17.7 Å². The Morgan fingerprint density at radius 3 is 2.00 bits per heavy atom. The molecular weight excluding hydrogens is 256 g/mol. The number of aryl methyl sites for hydroxylation is 3. The molecule has 1 N–H and O–H groups in total. The summed E-state index contributed by atoms with van der Waals surface area (Å²) in [6, 6.07) is 3.13. The average Bonchev–Trinajstić information content (AvgIpc) is 2.30. The minimum Gasteiger partial charge on any atom is -0.276 e. The molecule has 0 aromatic heterocycles. The third-order valence-electron chi connectivity index (χ3n) is 3.59. The third kappa shape index (κ3) is 1.99. The highest BCUT2D eigenvalue weighted by Gasteiger charge is 2.48. The van der Waals surface area contributed by atoms with Crippen molar-refractivity contribution in [2.24, 2.45) is 5.41 Å². The molecule has 0 spiro atoms. The van der Waals surface area contributed by atoms with Gasteiger partial charge in [0.25, 0.3) is 0 Å². The van der Waals surface area contributed by atoms with Gasteiger partial charge < -0.3 is 0 Å². The molecule has 0 saturated carbocycles. The summed E-state index contributed by atoms with van der Waals surface area (Å²) in [5.41, 5.74) is 2.02. The Hall–Kier alpha value is -2.17. The number of carbonyl (C=O) groups is 3. The molecule has 1 aromatic rings. The van der Waals surface area contributed by atoms with Crippen LogP contribution in [-0.2, 0) is 9.59 Å². The number of anilines is 1. The predicted octanol–water partition coefficient (Wildman–Crippen LogP) is 2.22. The van der Waals surface area contributed by atoms with Gasteiger partial charge in [0.15, 0.2) is 0 Å². The summed E-state index contributed by atoms with van der Waals surface area (Å²) in [5, 5.41) is 2.24. The maximum atomic E-state index is 12.5. The van der Waals surface area contributed by atoms with Crippen LogP contribution in [0, 0.1) is 26.2 Å². The summed E-state index contributed by atoms with van der Waals surface area (Å²) >= 11 is 0. The van der Waals surface area contributed by atoms with Crippen molar-refractivity contribution in [3.63, 3.8) is 0 Å². The number of imide groups is 2. The second-order valence-electron chi connectivity index (χ2n) is 5.77. The van der Waals surface area contributed by atoms with Crippen molar-refractivity contribution >= 4 is 23.5 Å². The zero-order valence-electron chi connectivity index (χ0n) is 12.3. The van der Waals surface area contributed by atoms with Gasteiger partial charge in [-0.3, -0.25) is 14.9 Å². The number of nitrogens with one attached hydrogen (secondary N) is 1. The summed E-state index contributed by atoms with van der Waals surface area (Å²) in [4.78, 5) is 37.4. The SMILES string of the molecule is Cc1cc(C)c(N2C(=O)NC(=O)C(C)(C)C2=O)c(C)c1. The molecule has 1 aromatic carbocycles. The van der Waals surface area contributed by atoms with Crippen LogP contribution in [0.1, 0.15) is 30.5 Å². The maximum Gasteiger partial charge on any atom is 0.335 e. The van der Waals surface area contributed by atoms with Crippen LogP contribution in [0.15, 0.2) is 12.1 Å². The zero-order valence-corrected chi connectivity index (χ0v) is 12.3. The van der Waals surface area contributed by atoms with Crippen molar-refractivity contribution in [3.05, 3.63) is 28.8 Å². The molecule has 20 heavy (non-hydrogen) atoms. The lowest BCUT2D eigenvalue weighted by molar-refractivity contribution is -0.140. The summed E-state index contributed by atoms with van der Waals surface area (Å²) in [6.45, 7) is 8.68. The normalized spacial score (nSPS) is 18.2. The monoisotopic (exact) mass is 274 g/mol. The lowest BCUT2D eigenvalue weighted by Gasteiger charge is -2.35. The van der Waals surface area contributed by atoms with Crippen LogP contribution in [0.3, 0.4) is 0 Å². The molecule has 0 radical (unpaired) electrons. The Morgan fingerprint density at radius 2 is 1.50 bits per heavy atom. The van der Waals surface area contributed by atoms with E-state index in [4.69, 9.17) is 0 Å². The van der Waals surface area contributed by atoms with Crippen molar-refractivity contribution in [1.29, 1.82) is 0 Å². The van der Waals surface area contributed by atoms with Crippen LogP contribution < -0.4 is 10.2 Å². The van der Waals surface area contributed by atoms with Crippen LogP contribution in [0.2, 0.25) is 0 Å². The van der Waals surface area contributed by atoms with Crippen molar-refractivity contribution in [2.75, 3.05) is 4.90 Å². The molecule has 0 aliphatic carbocycles. The molecule has 106 valence electrons. The van der Waals surface area contributed by atoms with Gasteiger partial charge in [-0.15, -0.1) is 0 Å². The van der Waals surface area contributed by atoms with E-state index in [1.54, 1.807) is 0 Å². The maximum absolute atomic E-state index is 12.5. The van der Waals surface area contributed by atoms with Crippen LogP contribution in [0.25, 0.3) is 0 Å². The van der Waals surface area contributed by atoms with Gasteiger partial charge in [-0.25, -0.2) is 9.69 Å². The summed E-state index contributed by atoms with van der Waals surface area (Å²) in [5.74, 6) is -1.06. The lowest BCUT2D eigenvalue weighted by atomic mass is 9.88. The number of barbiturate groups is 1. The first-order valence-corrected chi connectivity index (χ1v) is 6.44. The number of hydrogen-bond acceptors (Lipinski definition) is 3. The molecule has 1 aliphatic heterocycles. The minimum absolute atomic E-state index is 0.499. The third-order valence-corrected chi connectivity index (χ3v) is 3.59. The van der Waals surface area contributed by atoms with E-state index in [1.165, 1.54) is 13.8 Å². The number of urea groups is 1. The average molecular weight is 274 g/mol. The molecule has 0 unspecified atom stereocenters. The number of carbonyl (C=O) groups excluding carboxylic acids is 3. The molecule has 4 amide bonds. The van der Waals surface area contributed by atoms with Crippen LogP contribution in [0.4, 0.5) is 10.5 Å². The molecule has 1 aliphatic rings. The highest BCUT2D eigenvalue weighted by molar-refractivity contribution is 6.29. The van der Waals surface area contributed by atoms with Crippen molar-refractivity contribution < 1.29 is 14.4 Å².